The largest absolute Gasteiger partial charge is 0.371 e. The van der Waals surface area contributed by atoms with Gasteiger partial charge in [-0.1, -0.05) is 0 Å². The van der Waals surface area contributed by atoms with Gasteiger partial charge in [0, 0.05) is 45.0 Å². The van der Waals surface area contributed by atoms with E-state index in [1.54, 1.807) is 0 Å². The van der Waals surface area contributed by atoms with Gasteiger partial charge >= 0.3 is 0 Å². The van der Waals surface area contributed by atoms with Crippen LogP contribution in [0.1, 0.15) is 12.5 Å². The normalized spacial score (nSPS) is 27.2. The molecule has 0 aromatic carbocycles. The molecular formula is C11H20N4O. The minimum Gasteiger partial charge on any atom is -0.371 e. The maximum Gasteiger partial charge on any atom is 0.0828 e. The Morgan fingerprint density at radius 2 is 2.38 bits per heavy atom. The van der Waals surface area contributed by atoms with Crippen LogP contribution in [0.2, 0.25) is 0 Å². The molecule has 0 amide bonds. The molecule has 0 aliphatic carbocycles. The molecule has 2 unspecified atom stereocenters. The van der Waals surface area contributed by atoms with Gasteiger partial charge < -0.3 is 10.5 Å². The van der Waals surface area contributed by atoms with E-state index in [4.69, 9.17) is 10.5 Å². The standard InChI is InChI=1S/C11H20N4O/c1-9-5-15(8-11(3-12)16-9)7-10-4-13-14(2)6-10/h4,6,9,11H,3,5,7-8,12H2,1-2H3. The third-order valence-corrected chi connectivity index (χ3v) is 2.83. The maximum absolute atomic E-state index is 5.72. The summed E-state index contributed by atoms with van der Waals surface area (Å²) in [7, 11) is 1.94. The summed E-state index contributed by atoms with van der Waals surface area (Å²) in [4.78, 5) is 2.38. The number of hydrogen-bond acceptors (Lipinski definition) is 4. The third kappa shape index (κ3) is 2.81. The Labute approximate surface area is 96.2 Å². The summed E-state index contributed by atoms with van der Waals surface area (Å²) in [6.07, 6.45) is 4.40. The first-order valence-corrected chi connectivity index (χ1v) is 5.72. The summed E-state index contributed by atoms with van der Waals surface area (Å²) in [5.41, 5.74) is 6.90. The molecule has 1 aromatic rings. The molecule has 1 saturated heterocycles. The van der Waals surface area contributed by atoms with E-state index < -0.39 is 0 Å². The first kappa shape index (κ1) is 11.6. The highest BCUT2D eigenvalue weighted by Gasteiger charge is 2.24. The maximum atomic E-state index is 5.72. The monoisotopic (exact) mass is 224 g/mol. The summed E-state index contributed by atoms with van der Waals surface area (Å²) in [5.74, 6) is 0. The van der Waals surface area contributed by atoms with Crippen molar-refractivity contribution in [1.29, 1.82) is 0 Å². The highest BCUT2D eigenvalue weighted by Crippen LogP contribution is 2.13. The molecule has 1 fully saturated rings. The molecule has 5 heteroatoms. The van der Waals surface area contributed by atoms with Crippen molar-refractivity contribution in [3.63, 3.8) is 0 Å². The number of hydrogen-bond donors (Lipinski definition) is 1. The van der Waals surface area contributed by atoms with Crippen molar-refractivity contribution in [3.05, 3.63) is 18.0 Å². The predicted octanol–water partition coefficient (Wildman–Crippen LogP) is -0.0319. The second-order valence-corrected chi connectivity index (χ2v) is 4.52. The summed E-state index contributed by atoms with van der Waals surface area (Å²) >= 11 is 0. The number of nitrogens with two attached hydrogens (primary N) is 1. The molecule has 90 valence electrons. The van der Waals surface area contributed by atoms with Gasteiger partial charge in [0.1, 0.15) is 0 Å². The van der Waals surface area contributed by atoms with Crippen LogP contribution in [0.15, 0.2) is 12.4 Å². The summed E-state index contributed by atoms with van der Waals surface area (Å²) in [6, 6.07) is 0. The smallest absolute Gasteiger partial charge is 0.0828 e. The molecule has 1 aliphatic rings. The molecule has 2 atom stereocenters. The zero-order valence-electron chi connectivity index (χ0n) is 9.97. The van der Waals surface area contributed by atoms with Gasteiger partial charge in [-0.25, -0.2) is 0 Å². The Kier molecular flexibility index (Phi) is 3.58. The highest BCUT2D eigenvalue weighted by molar-refractivity contribution is 5.03. The number of nitrogens with zero attached hydrogens (tertiary/aromatic N) is 3. The number of rotatable bonds is 3. The van der Waals surface area contributed by atoms with E-state index in [1.165, 1.54) is 5.56 Å². The lowest BCUT2D eigenvalue weighted by atomic mass is 10.2. The number of ether oxygens (including phenoxy) is 1. The fourth-order valence-electron chi connectivity index (χ4n) is 2.21. The van der Waals surface area contributed by atoms with Crippen LogP contribution in [0, 0.1) is 0 Å². The van der Waals surface area contributed by atoms with Crippen LogP contribution in [0.5, 0.6) is 0 Å². The highest BCUT2D eigenvalue weighted by atomic mass is 16.5. The molecule has 2 rings (SSSR count). The Hall–Kier alpha value is -0.910. The summed E-state index contributed by atoms with van der Waals surface area (Å²) in [5, 5.41) is 4.17. The van der Waals surface area contributed by atoms with E-state index in [1.807, 2.05) is 17.9 Å². The lowest BCUT2D eigenvalue weighted by molar-refractivity contribution is -0.0745. The van der Waals surface area contributed by atoms with E-state index in [9.17, 15) is 0 Å². The van der Waals surface area contributed by atoms with Crippen molar-refractivity contribution in [1.82, 2.24) is 14.7 Å². The average Bonchev–Trinajstić information content (AvgIpc) is 2.63. The van der Waals surface area contributed by atoms with Gasteiger partial charge in [-0.3, -0.25) is 9.58 Å². The predicted molar refractivity (Wildman–Crippen MR) is 61.9 cm³/mol. The topological polar surface area (TPSA) is 56.3 Å². The Balaban J connectivity index is 1.93. The van der Waals surface area contributed by atoms with Crippen LogP contribution in [0.3, 0.4) is 0 Å². The van der Waals surface area contributed by atoms with Crippen molar-refractivity contribution < 1.29 is 4.74 Å². The van der Waals surface area contributed by atoms with Gasteiger partial charge in [-0.15, -0.1) is 0 Å². The van der Waals surface area contributed by atoms with Gasteiger partial charge in [-0.2, -0.15) is 5.10 Å². The number of aromatic nitrogens is 2. The van der Waals surface area contributed by atoms with Crippen molar-refractivity contribution in [2.75, 3.05) is 19.6 Å². The Bertz CT molecular complexity index is 338. The first-order chi connectivity index (χ1) is 7.67. The van der Waals surface area contributed by atoms with Crippen molar-refractivity contribution >= 4 is 0 Å². The van der Waals surface area contributed by atoms with Crippen LogP contribution in [0.4, 0.5) is 0 Å². The minimum atomic E-state index is 0.167. The van der Waals surface area contributed by atoms with Gasteiger partial charge in [0.05, 0.1) is 18.4 Å². The molecule has 0 bridgehead atoms. The Morgan fingerprint density at radius 1 is 1.56 bits per heavy atom. The van der Waals surface area contributed by atoms with Crippen LogP contribution < -0.4 is 5.73 Å². The second-order valence-electron chi connectivity index (χ2n) is 4.52. The summed E-state index contributed by atoms with van der Waals surface area (Å²) < 4.78 is 7.55. The fourth-order valence-corrected chi connectivity index (χ4v) is 2.21. The van der Waals surface area contributed by atoms with Gasteiger partial charge in [0.2, 0.25) is 0 Å². The van der Waals surface area contributed by atoms with Crippen LogP contribution in [-0.4, -0.2) is 46.5 Å². The molecule has 16 heavy (non-hydrogen) atoms. The SMILES string of the molecule is CC1CN(Cc2cnn(C)c2)CC(CN)O1. The van der Waals surface area contributed by atoms with Gasteiger partial charge in [0.25, 0.3) is 0 Å². The lowest BCUT2D eigenvalue weighted by Crippen LogP contribution is -2.48. The van der Waals surface area contributed by atoms with Gasteiger partial charge in [0.15, 0.2) is 0 Å². The molecule has 5 nitrogen and oxygen atoms in total. The zero-order valence-corrected chi connectivity index (χ0v) is 9.97. The molecule has 1 aliphatic heterocycles. The number of aryl methyl sites for hydroxylation is 1. The third-order valence-electron chi connectivity index (χ3n) is 2.83. The molecule has 0 radical (unpaired) electrons. The van der Waals surface area contributed by atoms with Crippen molar-refractivity contribution in [3.8, 4) is 0 Å². The quantitative estimate of drug-likeness (QED) is 0.783. The van der Waals surface area contributed by atoms with Crippen LogP contribution in [0.25, 0.3) is 0 Å². The Morgan fingerprint density at radius 3 is 3.00 bits per heavy atom. The van der Waals surface area contributed by atoms with Crippen LogP contribution >= 0.6 is 0 Å². The fraction of sp³-hybridized carbons (Fsp3) is 0.727. The number of morpholine rings is 1. The van der Waals surface area contributed by atoms with Crippen LogP contribution in [-0.2, 0) is 18.3 Å². The van der Waals surface area contributed by atoms with E-state index in [-0.39, 0.29) is 12.2 Å². The molecule has 1 aromatic heterocycles. The second kappa shape index (κ2) is 4.95. The molecule has 2 N–H and O–H groups in total. The molecular weight excluding hydrogens is 204 g/mol. The molecule has 2 heterocycles. The minimum absolute atomic E-state index is 0.167. The molecule has 0 saturated carbocycles. The average molecular weight is 224 g/mol. The zero-order chi connectivity index (χ0) is 11.5. The van der Waals surface area contributed by atoms with Crippen molar-refractivity contribution in [2.24, 2.45) is 12.8 Å². The molecule has 0 spiro atoms. The van der Waals surface area contributed by atoms with Crippen molar-refractivity contribution in [2.45, 2.75) is 25.7 Å². The lowest BCUT2D eigenvalue weighted by Gasteiger charge is -2.36. The van der Waals surface area contributed by atoms with E-state index in [0.29, 0.717) is 6.54 Å². The summed E-state index contributed by atoms with van der Waals surface area (Å²) in [6.45, 7) is 5.49. The van der Waals surface area contributed by atoms with E-state index in [2.05, 4.69) is 23.1 Å². The van der Waals surface area contributed by atoms with E-state index >= 15 is 0 Å². The van der Waals surface area contributed by atoms with E-state index in [0.717, 1.165) is 19.6 Å². The first-order valence-electron chi connectivity index (χ1n) is 5.72. The van der Waals surface area contributed by atoms with Gasteiger partial charge in [-0.05, 0) is 6.92 Å².